The third-order valence-electron chi connectivity index (χ3n) is 3.42. The summed E-state index contributed by atoms with van der Waals surface area (Å²) in [5.41, 5.74) is 2.71. The first kappa shape index (κ1) is 14.2. The molecule has 0 spiro atoms. The number of hydrogen-bond donors (Lipinski definition) is 0. The standard InChI is InChI=1S/C15H13ClN2O2S/c16-7-11-9-21-15(17-11)12-4-2-1-3-10(12)8-18-13(19)5-6-14(18)20/h1-4,9H,5-8H2. The number of aromatic nitrogens is 1. The summed E-state index contributed by atoms with van der Waals surface area (Å²) >= 11 is 7.31. The second kappa shape index (κ2) is 5.95. The molecule has 0 aliphatic carbocycles. The third kappa shape index (κ3) is 2.84. The molecule has 0 radical (unpaired) electrons. The summed E-state index contributed by atoms with van der Waals surface area (Å²) in [6.07, 6.45) is 0.628. The van der Waals surface area contributed by atoms with E-state index in [1.807, 2.05) is 29.6 Å². The summed E-state index contributed by atoms with van der Waals surface area (Å²) < 4.78 is 0. The first-order valence-corrected chi connectivity index (χ1v) is 8.02. The van der Waals surface area contributed by atoms with Crippen molar-refractivity contribution in [2.24, 2.45) is 0 Å². The van der Waals surface area contributed by atoms with E-state index in [1.54, 1.807) is 0 Å². The molecule has 1 fully saturated rings. The van der Waals surface area contributed by atoms with Crippen LogP contribution in [0.3, 0.4) is 0 Å². The van der Waals surface area contributed by atoms with E-state index in [0.29, 0.717) is 25.3 Å². The Kier molecular flexibility index (Phi) is 4.03. The van der Waals surface area contributed by atoms with Crippen LogP contribution >= 0.6 is 22.9 Å². The number of imide groups is 1. The number of benzene rings is 1. The molecule has 0 atom stereocenters. The van der Waals surface area contributed by atoms with Crippen LogP contribution in [0.15, 0.2) is 29.6 Å². The highest BCUT2D eigenvalue weighted by molar-refractivity contribution is 7.13. The van der Waals surface area contributed by atoms with Gasteiger partial charge in [-0.05, 0) is 5.56 Å². The molecule has 1 aromatic heterocycles. The van der Waals surface area contributed by atoms with Gasteiger partial charge in [0.25, 0.3) is 0 Å². The van der Waals surface area contributed by atoms with Crippen LogP contribution in [0.5, 0.6) is 0 Å². The second-order valence-corrected chi connectivity index (χ2v) is 5.93. The van der Waals surface area contributed by atoms with Gasteiger partial charge in [0.1, 0.15) is 5.01 Å². The van der Waals surface area contributed by atoms with Crippen LogP contribution in [0.1, 0.15) is 24.1 Å². The third-order valence-corrected chi connectivity index (χ3v) is 4.62. The minimum absolute atomic E-state index is 0.101. The van der Waals surface area contributed by atoms with Crippen molar-refractivity contribution in [3.8, 4) is 10.6 Å². The van der Waals surface area contributed by atoms with E-state index < -0.39 is 0 Å². The fourth-order valence-corrected chi connectivity index (χ4v) is 3.44. The summed E-state index contributed by atoms with van der Waals surface area (Å²) in [5, 5.41) is 2.78. The van der Waals surface area contributed by atoms with Gasteiger partial charge in [0, 0.05) is 23.8 Å². The summed E-state index contributed by atoms with van der Waals surface area (Å²) in [6, 6.07) is 7.71. The van der Waals surface area contributed by atoms with Crippen LogP contribution in [0, 0.1) is 0 Å². The van der Waals surface area contributed by atoms with Gasteiger partial charge in [-0.25, -0.2) is 4.98 Å². The molecule has 2 amide bonds. The van der Waals surface area contributed by atoms with Crippen molar-refractivity contribution in [3.05, 3.63) is 40.9 Å². The number of halogens is 1. The van der Waals surface area contributed by atoms with Crippen LogP contribution < -0.4 is 0 Å². The highest BCUT2D eigenvalue weighted by Crippen LogP contribution is 2.29. The number of thiazole rings is 1. The summed E-state index contributed by atoms with van der Waals surface area (Å²) in [7, 11) is 0. The van der Waals surface area contributed by atoms with Gasteiger partial charge in [-0.2, -0.15) is 0 Å². The van der Waals surface area contributed by atoms with E-state index in [9.17, 15) is 9.59 Å². The quantitative estimate of drug-likeness (QED) is 0.642. The number of carbonyl (C=O) groups excluding carboxylic acids is 2. The Labute approximate surface area is 131 Å². The minimum Gasteiger partial charge on any atom is -0.278 e. The lowest BCUT2D eigenvalue weighted by Gasteiger charge is -2.15. The fourth-order valence-electron chi connectivity index (χ4n) is 2.33. The number of rotatable bonds is 4. The first-order chi connectivity index (χ1) is 10.2. The Morgan fingerprint density at radius 3 is 2.57 bits per heavy atom. The zero-order valence-corrected chi connectivity index (χ0v) is 12.8. The zero-order valence-electron chi connectivity index (χ0n) is 11.2. The molecule has 0 N–H and O–H groups in total. The molecule has 108 valence electrons. The van der Waals surface area contributed by atoms with E-state index in [1.165, 1.54) is 16.2 Å². The molecule has 1 saturated heterocycles. The Morgan fingerprint density at radius 1 is 1.19 bits per heavy atom. The molecule has 0 bridgehead atoms. The SMILES string of the molecule is O=C1CCC(=O)N1Cc1ccccc1-c1nc(CCl)cs1. The van der Waals surface area contributed by atoms with E-state index in [4.69, 9.17) is 11.6 Å². The molecule has 2 aromatic rings. The van der Waals surface area contributed by atoms with Gasteiger partial charge >= 0.3 is 0 Å². The average Bonchev–Trinajstić information content (AvgIpc) is 3.10. The molecule has 0 unspecified atom stereocenters. The topological polar surface area (TPSA) is 50.3 Å². The maximum Gasteiger partial charge on any atom is 0.229 e. The van der Waals surface area contributed by atoms with Gasteiger partial charge in [-0.15, -0.1) is 22.9 Å². The molecule has 1 aliphatic rings. The predicted octanol–water partition coefficient (Wildman–Crippen LogP) is 3.20. The van der Waals surface area contributed by atoms with Gasteiger partial charge in [0.15, 0.2) is 0 Å². The molecule has 1 aliphatic heterocycles. The number of alkyl halides is 1. The van der Waals surface area contributed by atoms with Crippen molar-refractivity contribution < 1.29 is 9.59 Å². The molecule has 0 saturated carbocycles. The number of hydrogen-bond acceptors (Lipinski definition) is 4. The molecule has 6 heteroatoms. The predicted molar refractivity (Wildman–Crippen MR) is 81.9 cm³/mol. The molecule has 4 nitrogen and oxygen atoms in total. The van der Waals surface area contributed by atoms with Crippen LogP contribution in [0.25, 0.3) is 10.6 Å². The summed E-state index contributed by atoms with van der Waals surface area (Å²) in [4.78, 5) is 29.3. The highest BCUT2D eigenvalue weighted by atomic mass is 35.5. The van der Waals surface area contributed by atoms with Crippen molar-refractivity contribution in [2.75, 3.05) is 0 Å². The van der Waals surface area contributed by atoms with Crippen molar-refractivity contribution in [2.45, 2.75) is 25.3 Å². The van der Waals surface area contributed by atoms with E-state index >= 15 is 0 Å². The van der Waals surface area contributed by atoms with E-state index in [2.05, 4.69) is 4.98 Å². The Hall–Kier alpha value is -1.72. The fraction of sp³-hybridized carbons (Fsp3) is 0.267. The molecule has 21 heavy (non-hydrogen) atoms. The Bertz CT molecular complexity index is 682. The number of carbonyl (C=O) groups is 2. The molecular formula is C15H13ClN2O2S. The lowest BCUT2D eigenvalue weighted by atomic mass is 10.1. The molecule has 3 rings (SSSR count). The molecular weight excluding hydrogens is 308 g/mol. The summed E-state index contributed by atoms with van der Waals surface area (Å²) in [5.74, 6) is 0.174. The first-order valence-electron chi connectivity index (χ1n) is 6.61. The molecule has 1 aromatic carbocycles. The zero-order chi connectivity index (χ0) is 14.8. The van der Waals surface area contributed by atoms with Crippen LogP contribution in [-0.2, 0) is 22.0 Å². The van der Waals surface area contributed by atoms with Crippen molar-refractivity contribution in [1.29, 1.82) is 0 Å². The highest BCUT2D eigenvalue weighted by Gasteiger charge is 2.29. The summed E-state index contributed by atoms with van der Waals surface area (Å²) in [6.45, 7) is 0.309. The Balaban J connectivity index is 1.92. The smallest absolute Gasteiger partial charge is 0.229 e. The van der Waals surface area contributed by atoms with Crippen LogP contribution in [0.2, 0.25) is 0 Å². The largest absolute Gasteiger partial charge is 0.278 e. The monoisotopic (exact) mass is 320 g/mol. The van der Waals surface area contributed by atoms with Gasteiger partial charge in [-0.1, -0.05) is 24.3 Å². The van der Waals surface area contributed by atoms with Gasteiger partial charge in [0.05, 0.1) is 18.1 Å². The number of likely N-dealkylation sites (tertiary alicyclic amines) is 1. The van der Waals surface area contributed by atoms with Gasteiger partial charge < -0.3 is 0 Å². The maximum absolute atomic E-state index is 11.8. The molecule has 2 heterocycles. The lowest BCUT2D eigenvalue weighted by Crippen LogP contribution is -2.28. The van der Waals surface area contributed by atoms with Crippen molar-refractivity contribution in [3.63, 3.8) is 0 Å². The lowest BCUT2D eigenvalue weighted by molar-refractivity contribution is -0.139. The van der Waals surface area contributed by atoms with Gasteiger partial charge in [-0.3, -0.25) is 14.5 Å². The normalized spacial score (nSPS) is 15.0. The second-order valence-electron chi connectivity index (χ2n) is 4.81. The van der Waals surface area contributed by atoms with E-state index in [0.717, 1.165) is 21.8 Å². The van der Waals surface area contributed by atoms with E-state index in [-0.39, 0.29) is 11.8 Å². The van der Waals surface area contributed by atoms with Crippen LogP contribution in [-0.4, -0.2) is 21.7 Å². The maximum atomic E-state index is 11.8. The van der Waals surface area contributed by atoms with Gasteiger partial charge in [0.2, 0.25) is 11.8 Å². The Morgan fingerprint density at radius 2 is 1.90 bits per heavy atom. The minimum atomic E-state index is -0.101. The van der Waals surface area contributed by atoms with Crippen molar-refractivity contribution in [1.82, 2.24) is 9.88 Å². The number of nitrogens with zero attached hydrogens (tertiary/aromatic N) is 2. The van der Waals surface area contributed by atoms with Crippen molar-refractivity contribution >= 4 is 34.8 Å². The average molecular weight is 321 g/mol. The number of amides is 2. The van der Waals surface area contributed by atoms with Crippen LogP contribution in [0.4, 0.5) is 0 Å².